The van der Waals surface area contributed by atoms with Crippen molar-refractivity contribution in [3.8, 4) is 0 Å². The fraction of sp³-hybridized carbons (Fsp3) is 0.900. The van der Waals surface area contributed by atoms with Gasteiger partial charge in [0.15, 0.2) is 6.10 Å². The fourth-order valence-corrected chi connectivity index (χ4v) is 1.83. The number of methoxy groups -OCH3 is 1. The molecule has 1 aliphatic carbocycles. The number of carbonyl (C=O) groups is 1. The van der Waals surface area contributed by atoms with Crippen molar-refractivity contribution in [2.24, 2.45) is 0 Å². The van der Waals surface area contributed by atoms with E-state index in [2.05, 4.69) is 0 Å². The molecule has 100 valence electrons. The van der Waals surface area contributed by atoms with E-state index < -0.39 is 42.6 Å². The molecule has 7 heteroatoms. The maximum atomic E-state index is 11.2. The van der Waals surface area contributed by atoms with Crippen LogP contribution in [0, 0.1) is 0 Å². The van der Waals surface area contributed by atoms with Gasteiger partial charge in [0.25, 0.3) is 0 Å². The van der Waals surface area contributed by atoms with Gasteiger partial charge in [0.1, 0.15) is 30.5 Å². The largest absolute Gasteiger partial charge is 0.457 e. The van der Waals surface area contributed by atoms with E-state index in [9.17, 15) is 25.2 Å². The van der Waals surface area contributed by atoms with Gasteiger partial charge in [0.05, 0.1) is 0 Å². The third-order valence-corrected chi connectivity index (χ3v) is 2.88. The third-order valence-electron chi connectivity index (χ3n) is 2.88. The standard InChI is InChI=1S/C10H18O7/c1-3-4(11)17-10-8(15)6(13)5(12)7(14)9(10)16-2/h5-10,12-15H,3H2,1-2H3/t5-,6-,7-,8-,9+,10+/m0/s1. The Morgan fingerprint density at radius 1 is 1.00 bits per heavy atom. The Hall–Kier alpha value is -0.730. The van der Waals surface area contributed by atoms with Crippen LogP contribution in [0.25, 0.3) is 0 Å². The number of hydrogen-bond acceptors (Lipinski definition) is 7. The van der Waals surface area contributed by atoms with Gasteiger partial charge in [-0.25, -0.2) is 0 Å². The maximum absolute atomic E-state index is 11.2. The molecule has 0 saturated heterocycles. The van der Waals surface area contributed by atoms with Gasteiger partial charge in [-0.3, -0.25) is 4.79 Å². The first-order valence-corrected chi connectivity index (χ1v) is 5.38. The van der Waals surface area contributed by atoms with Gasteiger partial charge in [-0.1, -0.05) is 6.92 Å². The Kier molecular flexibility index (Phi) is 4.84. The van der Waals surface area contributed by atoms with Crippen molar-refractivity contribution in [3.05, 3.63) is 0 Å². The minimum Gasteiger partial charge on any atom is -0.457 e. The first-order valence-electron chi connectivity index (χ1n) is 5.38. The molecule has 6 atom stereocenters. The molecule has 0 bridgehead atoms. The zero-order valence-corrected chi connectivity index (χ0v) is 9.68. The van der Waals surface area contributed by atoms with Gasteiger partial charge in [-0.05, 0) is 0 Å². The highest BCUT2D eigenvalue weighted by atomic mass is 16.6. The van der Waals surface area contributed by atoms with E-state index >= 15 is 0 Å². The average Bonchev–Trinajstić information content (AvgIpc) is 2.33. The lowest BCUT2D eigenvalue weighted by molar-refractivity contribution is -0.238. The fourth-order valence-electron chi connectivity index (χ4n) is 1.83. The Morgan fingerprint density at radius 2 is 1.47 bits per heavy atom. The predicted octanol–water partition coefficient (Wildman–Crippen LogP) is -2.22. The topological polar surface area (TPSA) is 116 Å². The molecule has 0 aromatic rings. The van der Waals surface area contributed by atoms with Gasteiger partial charge < -0.3 is 29.9 Å². The molecule has 4 N–H and O–H groups in total. The van der Waals surface area contributed by atoms with Crippen LogP contribution in [0.2, 0.25) is 0 Å². The molecule has 0 aliphatic heterocycles. The molecule has 0 aromatic heterocycles. The Labute approximate surface area is 98.6 Å². The molecule has 0 radical (unpaired) electrons. The van der Waals surface area contributed by atoms with Gasteiger partial charge >= 0.3 is 5.97 Å². The summed E-state index contributed by atoms with van der Waals surface area (Å²) in [5.74, 6) is -0.591. The lowest BCUT2D eigenvalue weighted by atomic mass is 9.84. The number of esters is 1. The van der Waals surface area contributed by atoms with Gasteiger partial charge in [0, 0.05) is 13.5 Å². The lowest BCUT2D eigenvalue weighted by Crippen LogP contribution is -2.65. The summed E-state index contributed by atoms with van der Waals surface area (Å²) in [5.41, 5.74) is 0. The van der Waals surface area contributed by atoms with Crippen LogP contribution < -0.4 is 0 Å². The molecule has 17 heavy (non-hydrogen) atoms. The molecule has 0 unspecified atom stereocenters. The Bertz CT molecular complexity index is 269. The molecule has 7 nitrogen and oxygen atoms in total. The van der Waals surface area contributed by atoms with Crippen LogP contribution in [-0.2, 0) is 14.3 Å². The second-order valence-electron chi connectivity index (χ2n) is 3.97. The smallest absolute Gasteiger partial charge is 0.305 e. The van der Waals surface area contributed by atoms with Crippen LogP contribution in [0.3, 0.4) is 0 Å². The van der Waals surface area contributed by atoms with E-state index in [1.165, 1.54) is 7.11 Å². The second kappa shape index (κ2) is 5.74. The van der Waals surface area contributed by atoms with Crippen LogP contribution in [0.4, 0.5) is 0 Å². The van der Waals surface area contributed by atoms with E-state index in [0.717, 1.165) is 0 Å². The quantitative estimate of drug-likeness (QED) is 0.419. The summed E-state index contributed by atoms with van der Waals surface area (Å²) < 4.78 is 9.79. The van der Waals surface area contributed by atoms with Crippen molar-refractivity contribution in [2.45, 2.75) is 50.0 Å². The van der Waals surface area contributed by atoms with Crippen molar-refractivity contribution >= 4 is 5.97 Å². The van der Waals surface area contributed by atoms with Crippen LogP contribution in [0.15, 0.2) is 0 Å². The molecule has 0 spiro atoms. The summed E-state index contributed by atoms with van der Waals surface area (Å²) in [6, 6.07) is 0. The molecular weight excluding hydrogens is 232 g/mol. The molecule has 1 aliphatic rings. The number of aliphatic hydroxyl groups excluding tert-OH is 4. The number of aliphatic hydroxyl groups is 4. The second-order valence-corrected chi connectivity index (χ2v) is 3.97. The number of ether oxygens (including phenoxy) is 2. The van der Waals surface area contributed by atoms with Crippen molar-refractivity contribution in [1.82, 2.24) is 0 Å². The highest BCUT2D eigenvalue weighted by Crippen LogP contribution is 2.26. The Morgan fingerprint density at radius 3 is 1.88 bits per heavy atom. The van der Waals surface area contributed by atoms with Crippen molar-refractivity contribution in [2.75, 3.05) is 7.11 Å². The maximum Gasteiger partial charge on any atom is 0.305 e. The first kappa shape index (κ1) is 14.3. The molecular formula is C10H18O7. The number of carbonyl (C=O) groups excluding carboxylic acids is 1. The summed E-state index contributed by atoms with van der Waals surface area (Å²) in [6.07, 6.45) is -8.28. The highest BCUT2D eigenvalue weighted by molar-refractivity contribution is 5.69. The van der Waals surface area contributed by atoms with E-state index in [1.54, 1.807) is 6.92 Å². The van der Waals surface area contributed by atoms with Gasteiger partial charge in [-0.15, -0.1) is 0 Å². The predicted molar refractivity (Wildman–Crippen MR) is 55.0 cm³/mol. The summed E-state index contributed by atoms with van der Waals surface area (Å²) in [4.78, 5) is 11.2. The summed E-state index contributed by atoms with van der Waals surface area (Å²) in [6.45, 7) is 1.57. The van der Waals surface area contributed by atoms with E-state index in [0.29, 0.717) is 0 Å². The van der Waals surface area contributed by atoms with Gasteiger partial charge in [-0.2, -0.15) is 0 Å². The Balaban J connectivity index is 2.86. The van der Waals surface area contributed by atoms with E-state index in [4.69, 9.17) is 9.47 Å². The SMILES string of the molecule is CCC(=O)O[C@@H]1[C@@H](O)[C@@H](O)[C@H](O)[C@H](O)[C@H]1OC. The molecule has 0 amide bonds. The van der Waals surface area contributed by atoms with Crippen LogP contribution in [0.1, 0.15) is 13.3 Å². The van der Waals surface area contributed by atoms with Crippen molar-refractivity contribution in [3.63, 3.8) is 0 Å². The highest BCUT2D eigenvalue weighted by Gasteiger charge is 2.51. The third kappa shape index (κ3) is 2.75. The zero-order valence-electron chi connectivity index (χ0n) is 9.68. The van der Waals surface area contributed by atoms with Crippen LogP contribution in [0.5, 0.6) is 0 Å². The molecule has 1 saturated carbocycles. The lowest BCUT2D eigenvalue weighted by Gasteiger charge is -2.42. The zero-order chi connectivity index (χ0) is 13.2. The van der Waals surface area contributed by atoms with Crippen molar-refractivity contribution in [1.29, 1.82) is 0 Å². The average molecular weight is 250 g/mol. The minimum atomic E-state index is -1.59. The van der Waals surface area contributed by atoms with Crippen molar-refractivity contribution < 1.29 is 34.7 Å². The minimum absolute atomic E-state index is 0.0917. The molecule has 0 aromatic carbocycles. The van der Waals surface area contributed by atoms with Crippen LogP contribution in [-0.4, -0.2) is 70.1 Å². The number of rotatable bonds is 3. The van der Waals surface area contributed by atoms with Crippen LogP contribution >= 0.6 is 0 Å². The molecule has 0 heterocycles. The summed E-state index contributed by atoms with van der Waals surface area (Å²) in [5, 5.41) is 38.3. The monoisotopic (exact) mass is 250 g/mol. The number of hydrogen-bond donors (Lipinski definition) is 4. The normalized spacial score (nSPS) is 42.2. The van der Waals surface area contributed by atoms with E-state index in [1.807, 2.05) is 0 Å². The van der Waals surface area contributed by atoms with Gasteiger partial charge in [0.2, 0.25) is 0 Å². The molecule has 1 rings (SSSR count). The molecule has 1 fully saturated rings. The first-order chi connectivity index (χ1) is 7.93. The van der Waals surface area contributed by atoms with E-state index in [-0.39, 0.29) is 6.42 Å². The summed E-state index contributed by atoms with van der Waals surface area (Å²) >= 11 is 0. The summed E-state index contributed by atoms with van der Waals surface area (Å²) in [7, 11) is 1.25.